The van der Waals surface area contributed by atoms with Crippen LogP contribution in [0.15, 0.2) is 36.4 Å². The van der Waals surface area contributed by atoms with Crippen LogP contribution in [0.1, 0.15) is 24.0 Å². The van der Waals surface area contributed by atoms with Crippen LogP contribution in [0.25, 0.3) is 0 Å². The zero-order valence-corrected chi connectivity index (χ0v) is 10.2. The van der Waals surface area contributed by atoms with Gasteiger partial charge in [0, 0.05) is 18.2 Å². The Morgan fingerprint density at radius 2 is 1.88 bits per heavy atom. The summed E-state index contributed by atoms with van der Waals surface area (Å²) >= 11 is 0. The van der Waals surface area contributed by atoms with Crippen LogP contribution in [0.4, 0.5) is 0 Å². The van der Waals surface area contributed by atoms with E-state index in [9.17, 15) is 0 Å². The van der Waals surface area contributed by atoms with Gasteiger partial charge in [-0.3, -0.25) is 0 Å². The van der Waals surface area contributed by atoms with E-state index in [2.05, 4.69) is 22.1 Å². The molecule has 0 atom stereocenters. The van der Waals surface area contributed by atoms with E-state index in [1.54, 1.807) is 0 Å². The predicted molar refractivity (Wildman–Crippen MR) is 67.2 cm³/mol. The minimum absolute atomic E-state index is 0.626. The lowest BCUT2D eigenvalue weighted by atomic mass is 10.1. The molecule has 0 aliphatic carbocycles. The van der Waals surface area contributed by atoms with Crippen LogP contribution in [0, 0.1) is 6.92 Å². The fraction of sp³-hybridized carbons (Fsp3) is 0.286. The van der Waals surface area contributed by atoms with Crippen LogP contribution in [-0.4, -0.2) is 16.6 Å². The molecular weight excluding hydrogens is 212 g/mol. The van der Waals surface area contributed by atoms with Gasteiger partial charge in [-0.25, -0.2) is 4.98 Å². The number of benzene rings is 1. The summed E-state index contributed by atoms with van der Waals surface area (Å²) in [5, 5.41) is 0. The molecule has 0 unspecified atom stereocenters. The molecule has 0 bridgehead atoms. The Kier molecular flexibility index (Phi) is 3.70. The average Bonchev–Trinajstić information content (AvgIpc) is 2.30. The molecule has 3 nitrogen and oxygen atoms in total. The Labute approximate surface area is 102 Å². The molecule has 0 saturated carbocycles. The first-order valence-electron chi connectivity index (χ1n) is 5.79. The third-order valence-electron chi connectivity index (χ3n) is 2.37. The van der Waals surface area contributed by atoms with Crippen molar-refractivity contribution in [3.8, 4) is 5.88 Å². The molecule has 0 saturated heterocycles. The summed E-state index contributed by atoms with van der Waals surface area (Å²) in [5.74, 6) is 1.46. The van der Waals surface area contributed by atoms with Gasteiger partial charge in [-0.2, -0.15) is 4.98 Å². The summed E-state index contributed by atoms with van der Waals surface area (Å²) < 4.78 is 5.41. The van der Waals surface area contributed by atoms with Gasteiger partial charge in [0.05, 0.1) is 6.61 Å². The van der Waals surface area contributed by atoms with Gasteiger partial charge in [-0.1, -0.05) is 30.3 Å². The Bertz CT molecular complexity index is 483. The maximum atomic E-state index is 5.41. The molecule has 1 aromatic heterocycles. The van der Waals surface area contributed by atoms with Crippen molar-refractivity contribution in [3.63, 3.8) is 0 Å². The summed E-state index contributed by atoms with van der Waals surface area (Å²) in [4.78, 5) is 8.81. The Morgan fingerprint density at radius 1 is 1.12 bits per heavy atom. The highest BCUT2D eigenvalue weighted by Gasteiger charge is 2.03. The van der Waals surface area contributed by atoms with E-state index in [1.165, 1.54) is 5.56 Å². The lowest BCUT2D eigenvalue weighted by molar-refractivity contribution is 0.324. The van der Waals surface area contributed by atoms with Crippen molar-refractivity contribution in [2.24, 2.45) is 0 Å². The van der Waals surface area contributed by atoms with E-state index in [-0.39, 0.29) is 0 Å². The quantitative estimate of drug-likeness (QED) is 0.807. The molecule has 0 aliphatic heterocycles. The summed E-state index contributed by atoms with van der Waals surface area (Å²) in [6, 6.07) is 12.1. The molecule has 0 fully saturated rings. The summed E-state index contributed by atoms with van der Waals surface area (Å²) in [5.41, 5.74) is 2.15. The smallest absolute Gasteiger partial charge is 0.216 e. The van der Waals surface area contributed by atoms with E-state index < -0.39 is 0 Å². The fourth-order valence-electron chi connectivity index (χ4n) is 1.68. The molecule has 17 heavy (non-hydrogen) atoms. The Morgan fingerprint density at radius 3 is 2.59 bits per heavy atom. The minimum Gasteiger partial charge on any atom is -0.478 e. The number of hydrogen-bond acceptors (Lipinski definition) is 3. The van der Waals surface area contributed by atoms with Gasteiger partial charge in [0.25, 0.3) is 0 Å². The zero-order valence-electron chi connectivity index (χ0n) is 10.2. The van der Waals surface area contributed by atoms with Gasteiger partial charge in [0.1, 0.15) is 5.82 Å². The topological polar surface area (TPSA) is 35.0 Å². The highest BCUT2D eigenvalue weighted by molar-refractivity contribution is 5.22. The molecule has 0 amide bonds. The lowest BCUT2D eigenvalue weighted by Crippen LogP contribution is -2.02. The molecule has 0 spiro atoms. The van der Waals surface area contributed by atoms with Gasteiger partial charge >= 0.3 is 0 Å². The van der Waals surface area contributed by atoms with Crippen LogP contribution in [0.5, 0.6) is 5.88 Å². The molecule has 0 radical (unpaired) electrons. The monoisotopic (exact) mass is 228 g/mol. The summed E-state index contributed by atoms with van der Waals surface area (Å²) in [6.07, 6.45) is 0.739. The van der Waals surface area contributed by atoms with Crippen molar-refractivity contribution in [3.05, 3.63) is 53.5 Å². The number of hydrogen-bond donors (Lipinski definition) is 0. The third kappa shape index (κ3) is 3.28. The van der Waals surface area contributed by atoms with E-state index in [0.29, 0.717) is 12.5 Å². The molecule has 0 N–H and O–H groups in total. The van der Waals surface area contributed by atoms with Gasteiger partial charge in [-0.15, -0.1) is 0 Å². The fourth-order valence-corrected chi connectivity index (χ4v) is 1.68. The van der Waals surface area contributed by atoms with Crippen LogP contribution in [-0.2, 0) is 6.42 Å². The van der Waals surface area contributed by atoms with Gasteiger partial charge < -0.3 is 4.74 Å². The number of aromatic nitrogens is 2. The van der Waals surface area contributed by atoms with Crippen LogP contribution < -0.4 is 4.74 Å². The Balaban J connectivity index is 2.21. The molecule has 0 aliphatic rings. The summed E-state index contributed by atoms with van der Waals surface area (Å²) in [6.45, 7) is 4.54. The molecule has 2 rings (SSSR count). The number of aryl methyl sites for hydroxylation is 1. The zero-order chi connectivity index (χ0) is 12.1. The van der Waals surface area contributed by atoms with Crippen molar-refractivity contribution >= 4 is 0 Å². The highest BCUT2D eigenvalue weighted by atomic mass is 16.5. The summed E-state index contributed by atoms with van der Waals surface area (Å²) in [7, 11) is 0. The molecule has 1 heterocycles. The highest BCUT2D eigenvalue weighted by Crippen LogP contribution is 2.12. The second kappa shape index (κ2) is 5.43. The van der Waals surface area contributed by atoms with Crippen molar-refractivity contribution in [1.29, 1.82) is 0 Å². The van der Waals surface area contributed by atoms with Crippen molar-refractivity contribution in [2.75, 3.05) is 6.61 Å². The van der Waals surface area contributed by atoms with Crippen LogP contribution >= 0.6 is 0 Å². The second-order valence-corrected chi connectivity index (χ2v) is 3.86. The number of ether oxygens (including phenoxy) is 1. The van der Waals surface area contributed by atoms with Gasteiger partial charge in [0.2, 0.25) is 5.88 Å². The maximum absolute atomic E-state index is 5.41. The molecule has 1 aromatic carbocycles. The lowest BCUT2D eigenvalue weighted by Gasteiger charge is -2.06. The third-order valence-corrected chi connectivity index (χ3v) is 2.37. The van der Waals surface area contributed by atoms with Crippen molar-refractivity contribution in [1.82, 2.24) is 9.97 Å². The van der Waals surface area contributed by atoms with Gasteiger partial charge in [0.15, 0.2) is 0 Å². The second-order valence-electron chi connectivity index (χ2n) is 3.86. The average molecular weight is 228 g/mol. The maximum Gasteiger partial charge on any atom is 0.216 e. The minimum atomic E-state index is 0.626. The van der Waals surface area contributed by atoms with Crippen LogP contribution in [0.2, 0.25) is 0 Å². The van der Waals surface area contributed by atoms with Crippen molar-refractivity contribution in [2.45, 2.75) is 20.3 Å². The Hall–Kier alpha value is -1.90. The van der Waals surface area contributed by atoms with E-state index in [4.69, 9.17) is 4.74 Å². The SMILES string of the molecule is CCOc1cc(C)nc(Cc2ccccc2)n1. The molecule has 3 heteroatoms. The van der Waals surface area contributed by atoms with E-state index >= 15 is 0 Å². The van der Waals surface area contributed by atoms with E-state index in [0.717, 1.165) is 17.9 Å². The predicted octanol–water partition coefficient (Wildman–Crippen LogP) is 2.77. The standard InChI is InChI=1S/C14H16N2O/c1-3-17-14-9-11(2)15-13(16-14)10-12-7-5-4-6-8-12/h4-9H,3,10H2,1-2H3. The largest absolute Gasteiger partial charge is 0.478 e. The molecule has 2 aromatic rings. The first-order chi connectivity index (χ1) is 8.28. The number of nitrogens with zero attached hydrogens (tertiary/aromatic N) is 2. The van der Waals surface area contributed by atoms with E-state index in [1.807, 2.05) is 38.1 Å². The first kappa shape index (κ1) is 11.6. The first-order valence-corrected chi connectivity index (χ1v) is 5.79. The molecule has 88 valence electrons. The normalized spacial score (nSPS) is 10.2. The van der Waals surface area contributed by atoms with Gasteiger partial charge in [-0.05, 0) is 19.4 Å². The molecular formula is C14H16N2O. The van der Waals surface area contributed by atoms with Crippen LogP contribution in [0.3, 0.4) is 0 Å². The number of rotatable bonds is 4. The van der Waals surface area contributed by atoms with Crippen molar-refractivity contribution < 1.29 is 4.74 Å².